The molecule has 0 saturated carbocycles. The number of hydrogen-bond donors (Lipinski definition) is 1. The Kier molecular flexibility index (Phi) is 7.84. The molecule has 3 atom stereocenters. The van der Waals surface area contributed by atoms with E-state index in [-0.39, 0.29) is 29.2 Å². The highest BCUT2D eigenvalue weighted by Crippen LogP contribution is 2.53. The van der Waals surface area contributed by atoms with Gasteiger partial charge in [0, 0.05) is 28.9 Å². The Morgan fingerprint density at radius 1 is 1.00 bits per heavy atom. The molecule has 4 heterocycles. The van der Waals surface area contributed by atoms with Crippen LogP contribution in [0.5, 0.6) is 11.5 Å². The molecule has 3 aromatic rings. The Hall–Kier alpha value is -3.28. The number of aromatic amines is 1. The summed E-state index contributed by atoms with van der Waals surface area (Å²) in [6, 6.07) is 11.9. The SMILES string of the molecule is CCOc1cc([C@@H]2c3sc(=O)[nH]c3S[C@H]3C(=O)N(c4ccc(Cl)cc4)C(=O)[C@@H]23)ccc1OCC(=O)N1CCCCC1. The molecule has 0 radical (unpaired) electrons. The van der Waals surface area contributed by atoms with Crippen LogP contribution in [-0.4, -0.2) is 59.2 Å². The number of imide groups is 1. The number of nitrogens with zero attached hydrogens (tertiary/aromatic N) is 2. The zero-order valence-electron chi connectivity index (χ0n) is 22.3. The fourth-order valence-corrected chi connectivity index (χ4v) is 8.34. The number of amides is 3. The molecule has 2 fully saturated rings. The number of anilines is 1. The van der Waals surface area contributed by atoms with E-state index >= 15 is 0 Å². The highest BCUT2D eigenvalue weighted by Gasteiger charge is 2.56. The number of ether oxygens (including phenoxy) is 2. The summed E-state index contributed by atoms with van der Waals surface area (Å²) in [5, 5.41) is 0.381. The molecule has 1 N–H and O–H groups in total. The summed E-state index contributed by atoms with van der Waals surface area (Å²) in [5.74, 6) is -1.18. The summed E-state index contributed by atoms with van der Waals surface area (Å²) in [4.78, 5) is 59.0. The molecule has 3 aliphatic heterocycles. The molecule has 0 aliphatic carbocycles. The van der Waals surface area contributed by atoms with Gasteiger partial charge in [-0.1, -0.05) is 40.8 Å². The lowest BCUT2D eigenvalue weighted by Gasteiger charge is -2.30. The van der Waals surface area contributed by atoms with Crippen molar-refractivity contribution in [2.75, 3.05) is 31.2 Å². The number of piperidine rings is 1. The fourth-order valence-electron chi connectivity index (χ4n) is 5.70. The van der Waals surface area contributed by atoms with Gasteiger partial charge in [-0.15, -0.1) is 0 Å². The average molecular weight is 614 g/mol. The normalized spacial score (nSPS) is 22.0. The van der Waals surface area contributed by atoms with Gasteiger partial charge in [0.1, 0.15) is 5.25 Å². The number of hydrogen-bond acceptors (Lipinski definition) is 8. The Labute approximate surface area is 249 Å². The van der Waals surface area contributed by atoms with E-state index in [0.717, 1.165) is 43.7 Å². The van der Waals surface area contributed by atoms with E-state index in [4.69, 9.17) is 21.1 Å². The number of rotatable bonds is 7. The second-order valence-electron chi connectivity index (χ2n) is 10.1. The third-order valence-corrected chi connectivity index (χ3v) is 10.2. The Morgan fingerprint density at radius 3 is 2.49 bits per heavy atom. The first-order valence-electron chi connectivity index (χ1n) is 13.6. The maximum absolute atomic E-state index is 13.9. The van der Waals surface area contributed by atoms with Gasteiger partial charge in [0.15, 0.2) is 18.1 Å². The highest BCUT2D eigenvalue weighted by molar-refractivity contribution is 8.00. The van der Waals surface area contributed by atoms with E-state index in [1.165, 1.54) is 16.7 Å². The molecule has 0 bridgehead atoms. The number of benzene rings is 2. The highest BCUT2D eigenvalue weighted by atomic mass is 35.5. The van der Waals surface area contributed by atoms with E-state index < -0.39 is 17.1 Å². The largest absolute Gasteiger partial charge is 0.490 e. The predicted molar refractivity (Wildman–Crippen MR) is 157 cm³/mol. The maximum atomic E-state index is 13.9. The number of H-pyrrole nitrogens is 1. The van der Waals surface area contributed by atoms with Crippen molar-refractivity contribution in [2.24, 2.45) is 5.92 Å². The Morgan fingerprint density at radius 2 is 1.76 bits per heavy atom. The number of aromatic nitrogens is 1. The summed E-state index contributed by atoms with van der Waals surface area (Å²) in [6.07, 6.45) is 3.12. The monoisotopic (exact) mass is 613 g/mol. The molecule has 0 unspecified atom stereocenters. The molecular weight excluding hydrogens is 586 g/mol. The van der Waals surface area contributed by atoms with Gasteiger partial charge in [-0.25, -0.2) is 4.90 Å². The van der Waals surface area contributed by atoms with Crippen molar-refractivity contribution in [3.05, 3.63) is 67.6 Å². The maximum Gasteiger partial charge on any atom is 0.305 e. The van der Waals surface area contributed by atoms with E-state index in [1.54, 1.807) is 36.4 Å². The van der Waals surface area contributed by atoms with Crippen LogP contribution in [0.1, 0.15) is 42.5 Å². The van der Waals surface area contributed by atoms with Crippen molar-refractivity contribution in [3.8, 4) is 11.5 Å². The molecular formula is C29H28ClN3O6S2. The predicted octanol–water partition coefficient (Wildman–Crippen LogP) is 4.68. The van der Waals surface area contributed by atoms with Crippen LogP contribution >= 0.6 is 34.7 Å². The minimum atomic E-state index is -0.732. The van der Waals surface area contributed by atoms with Crippen molar-refractivity contribution in [2.45, 2.75) is 42.4 Å². The molecule has 2 saturated heterocycles. The lowest BCUT2D eigenvalue weighted by molar-refractivity contribution is -0.134. The molecule has 6 rings (SSSR count). The smallest absolute Gasteiger partial charge is 0.305 e. The van der Waals surface area contributed by atoms with Crippen molar-refractivity contribution in [3.63, 3.8) is 0 Å². The molecule has 214 valence electrons. The quantitative estimate of drug-likeness (QED) is 0.386. The van der Waals surface area contributed by atoms with E-state index in [2.05, 4.69) is 4.98 Å². The number of halogens is 1. The summed E-state index contributed by atoms with van der Waals surface area (Å²) in [7, 11) is 0. The zero-order valence-corrected chi connectivity index (χ0v) is 24.7. The van der Waals surface area contributed by atoms with Gasteiger partial charge in [-0.3, -0.25) is 19.2 Å². The zero-order chi connectivity index (χ0) is 28.7. The van der Waals surface area contributed by atoms with Gasteiger partial charge in [-0.05, 0) is 68.1 Å². The molecule has 1 aromatic heterocycles. The second-order valence-corrected chi connectivity index (χ2v) is 12.7. The molecule has 0 spiro atoms. The van der Waals surface area contributed by atoms with Gasteiger partial charge in [-0.2, -0.15) is 0 Å². The number of likely N-dealkylation sites (tertiary alicyclic amines) is 1. The third kappa shape index (κ3) is 5.26. The standard InChI is InChI=1S/C29H28ClN3O6S2/c1-2-38-20-14-16(6-11-19(20)39-15-21(34)32-12-4-3-5-13-32)22-23-25(40-26-24(22)41-29(37)31-26)28(36)33(27(23)35)18-9-7-17(30)8-10-18/h6-11,14,22-23,25H,2-5,12-13,15H2,1H3,(H,31,37)/t22-,23-,25+/m0/s1. The summed E-state index contributed by atoms with van der Waals surface area (Å²) < 4.78 is 11.8. The van der Waals surface area contributed by atoms with Gasteiger partial charge in [0.05, 0.1) is 23.2 Å². The molecule has 3 aliphatic rings. The first-order chi connectivity index (χ1) is 19.9. The Balaban J connectivity index is 1.34. The van der Waals surface area contributed by atoms with Crippen molar-refractivity contribution < 1.29 is 23.9 Å². The minimum absolute atomic E-state index is 0.0672. The van der Waals surface area contributed by atoms with E-state index in [1.807, 2.05) is 17.9 Å². The van der Waals surface area contributed by atoms with Crippen LogP contribution in [0, 0.1) is 5.92 Å². The average Bonchev–Trinajstić information content (AvgIpc) is 3.47. The van der Waals surface area contributed by atoms with Crippen LogP contribution in [0.4, 0.5) is 5.69 Å². The van der Waals surface area contributed by atoms with Crippen LogP contribution < -0.4 is 19.2 Å². The molecule has 3 amide bonds. The van der Waals surface area contributed by atoms with Crippen LogP contribution in [0.2, 0.25) is 5.02 Å². The first kappa shape index (κ1) is 27.9. The van der Waals surface area contributed by atoms with Crippen LogP contribution in [0.3, 0.4) is 0 Å². The van der Waals surface area contributed by atoms with Gasteiger partial charge in [0.25, 0.3) is 5.91 Å². The van der Waals surface area contributed by atoms with Crippen LogP contribution in [0.15, 0.2) is 52.3 Å². The topological polar surface area (TPSA) is 109 Å². The number of thiazole rings is 1. The number of thioether (sulfide) groups is 1. The van der Waals surface area contributed by atoms with Gasteiger partial charge in [0.2, 0.25) is 11.8 Å². The molecule has 2 aromatic carbocycles. The van der Waals surface area contributed by atoms with Crippen molar-refractivity contribution in [1.29, 1.82) is 0 Å². The second kappa shape index (κ2) is 11.5. The van der Waals surface area contributed by atoms with Crippen LogP contribution in [-0.2, 0) is 14.4 Å². The lowest BCUT2D eigenvalue weighted by atomic mass is 9.83. The Bertz CT molecular complexity index is 1550. The summed E-state index contributed by atoms with van der Waals surface area (Å²) in [6.45, 7) is 3.59. The summed E-state index contributed by atoms with van der Waals surface area (Å²) in [5.41, 5.74) is 1.17. The third-order valence-electron chi connectivity index (χ3n) is 7.60. The van der Waals surface area contributed by atoms with E-state index in [9.17, 15) is 19.2 Å². The minimum Gasteiger partial charge on any atom is -0.490 e. The number of nitrogens with one attached hydrogen (secondary N) is 1. The fraction of sp³-hybridized carbons (Fsp3) is 0.379. The number of carbonyl (C=O) groups is 3. The molecule has 9 nitrogen and oxygen atoms in total. The van der Waals surface area contributed by atoms with Crippen molar-refractivity contribution in [1.82, 2.24) is 9.88 Å². The molecule has 12 heteroatoms. The molecule has 41 heavy (non-hydrogen) atoms. The van der Waals surface area contributed by atoms with Gasteiger partial charge >= 0.3 is 4.87 Å². The first-order valence-corrected chi connectivity index (χ1v) is 15.6. The summed E-state index contributed by atoms with van der Waals surface area (Å²) >= 11 is 8.31. The van der Waals surface area contributed by atoms with Crippen molar-refractivity contribution >= 4 is 58.1 Å². The number of fused-ring (bicyclic) bond motifs is 2. The van der Waals surface area contributed by atoms with Gasteiger partial charge < -0.3 is 19.4 Å². The van der Waals surface area contributed by atoms with E-state index in [0.29, 0.717) is 44.3 Å². The number of carbonyl (C=O) groups excluding carboxylic acids is 3. The van der Waals surface area contributed by atoms with Crippen LogP contribution in [0.25, 0.3) is 0 Å². The lowest BCUT2D eigenvalue weighted by Crippen LogP contribution is -2.38.